The van der Waals surface area contributed by atoms with Gasteiger partial charge in [-0.25, -0.2) is 4.79 Å². The molecule has 0 aromatic heterocycles. The van der Waals surface area contributed by atoms with Gasteiger partial charge < -0.3 is 10.9 Å². The Morgan fingerprint density at radius 2 is 2.20 bits per heavy atom. The van der Waals surface area contributed by atoms with E-state index in [-0.39, 0.29) is 0 Å². The number of carbonyl (C=O) groups excluding carboxylic acids is 1. The number of carbonyl (C=O) groups is 1. The molecule has 0 atom stereocenters. The standard InChI is InChI=1S/C10H11N3O2/c11-10(14)13-6-5-8(12-15)7-3-1-2-4-9(7)13/h1-4,15H,5-6H2,(H2,11,14)/b12-8+. The molecule has 78 valence electrons. The van der Waals surface area contributed by atoms with E-state index >= 15 is 0 Å². The van der Waals surface area contributed by atoms with E-state index in [4.69, 9.17) is 10.9 Å². The highest BCUT2D eigenvalue weighted by Crippen LogP contribution is 2.26. The highest BCUT2D eigenvalue weighted by Gasteiger charge is 2.24. The summed E-state index contributed by atoms with van der Waals surface area (Å²) in [5.41, 5.74) is 7.29. The van der Waals surface area contributed by atoms with Gasteiger partial charge in [0.05, 0.1) is 11.4 Å². The van der Waals surface area contributed by atoms with Crippen LogP contribution in [0.15, 0.2) is 29.4 Å². The van der Waals surface area contributed by atoms with Crippen LogP contribution in [0.1, 0.15) is 12.0 Å². The molecule has 1 heterocycles. The number of benzene rings is 1. The van der Waals surface area contributed by atoms with Crippen LogP contribution in [0.5, 0.6) is 0 Å². The number of hydrogen-bond acceptors (Lipinski definition) is 3. The van der Waals surface area contributed by atoms with Crippen LogP contribution in [0.25, 0.3) is 0 Å². The molecule has 2 rings (SSSR count). The number of fused-ring (bicyclic) bond motifs is 1. The van der Waals surface area contributed by atoms with Crippen LogP contribution in [-0.4, -0.2) is 23.5 Å². The fourth-order valence-electron chi connectivity index (χ4n) is 1.76. The molecule has 0 aliphatic carbocycles. The molecule has 3 N–H and O–H groups in total. The van der Waals surface area contributed by atoms with Gasteiger partial charge in [-0.15, -0.1) is 0 Å². The Morgan fingerprint density at radius 1 is 1.47 bits per heavy atom. The molecule has 5 nitrogen and oxygen atoms in total. The van der Waals surface area contributed by atoms with E-state index < -0.39 is 6.03 Å². The number of primary amides is 1. The predicted molar refractivity (Wildman–Crippen MR) is 56.3 cm³/mol. The van der Waals surface area contributed by atoms with Crippen LogP contribution in [0.4, 0.5) is 10.5 Å². The van der Waals surface area contributed by atoms with Crippen molar-refractivity contribution in [3.05, 3.63) is 29.8 Å². The Kier molecular flexibility index (Phi) is 2.29. The zero-order valence-electron chi connectivity index (χ0n) is 8.05. The molecule has 0 spiro atoms. The molecule has 2 amide bonds. The molecule has 1 aromatic carbocycles. The summed E-state index contributed by atoms with van der Waals surface area (Å²) in [5.74, 6) is 0. The highest BCUT2D eigenvalue weighted by molar-refractivity contribution is 6.10. The molecule has 0 radical (unpaired) electrons. The number of hydrogen-bond donors (Lipinski definition) is 2. The van der Waals surface area contributed by atoms with Gasteiger partial charge in [0.2, 0.25) is 0 Å². The van der Waals surface area contributed by atoms with E-state index in [0.717, 1.165) is 5.56 Å². The van der Waals surface area contributed by atoms with Crippen LogP contribution < -0.4 is 10.6 Å². The normalized spacial score (nSPS) is 17.6. The molecule has 1 aliphatic heterocycles. The molecular formula is C10H11N3O2. The molecule has 0 saturated heterocycles. The lowest BCUT2D eigenvalue weighted by Gasteiger charge is -2.27. The van der Waals surface area contributed by atoms with Gasteiger partial charge in [-0.3, -0.25) is 4.90 Å². The second kappa shape index (κ2) is 3.61. The summed E-state index contributed by atoms with van der Waals surface area (Å²) in [4.78, 5) is 12.6. The van der Waals surface area contributed by atoms with Gasteiger partial charge in [0.1, 0.15) is 0 Å². The maximum Gasteiger partial charge on any atom is 0.319 e. The van der Waals surface area contributed by atoms with Gasteiger partial charge in [-0.2, -0.15) is 0 Å². The highest BCUT2D eigenvalue weighted by atomic mass is 16.4. The zero-order valence-corrected chi connectivity index (χ0v) is 8.05. The smallest absolute Gasteiger partial charge is 0.319 e. The van der Waals surface area contributed by atoms with Crippen LogP contribution >= 0.6 is 0 Å². The van der Waals surface area contributed by atoms with Gasteiger partial charge in [-0.05, 0) is 6.07 Å². The van der Waals surface area contributed by atoms with Crippen molar-refractivity contribution in [3.8, 4) is 0 Å². The molecule has 0 saturated carbocycles. The molecule has 5 heteroatoms. The van der Waals surface area contributed by atoms with Crippen molar-refractivity contribution < 1.29 is 10.0 Å². The lowest BCUT2D eigenvalue weighted by atomic mass is 10.00. The first-order valence-corrected chi connectivity index (χ1v) is 4.61. The molecular weight excluding hydrogens is 194 g/mol. The summed E-state index contributed by atoms with van der Waals surface area (Å²) in [6.07, 6.45) is 0.510. The third-order valence-electron chi connectivity index (χ3n) is 2.46. The van der Waals surface area contributed by atoms with Crippen LogP contribution in [0.3, 0.4) is 0 Å². The minimum atomic E-state index is -0.487. The molecule has 0 fully saturated rings. The van der Waals surface area contributed by atoms with Crippen LogP contribution in [0, 0.1) is 0 Å². The van der Waals surface area contributed by atoms with E-state index in [1.165, 1.54) is 4.90 Å². The quantitative estimate of drug-likeness (QED) is 0.492. The third kappa shape index (κ3) is 1.52. The predicted octanol–water partition coefficient (Wildman–Crippen LogP) is 1.15. The van der Waals surface area contributed by atoms with E-state index in [2.05, 4.69) is 5.16 Å². The summed E-state index contributed by atoms with van der Waals surface area (Å²) < 4.78 is 0. The maximum atomic E-state index is 11.2. The molecule has 1 aromatic rings. The average molecular weight is 205 g/mol. The van der Waals surface area contributed by atoms with Gasteiger partial charge in [0.15, 0.2) is 0 Å². The van der Waals surface area contributed by atoms with E-state index in [1.807, 2.05) is 12.1 Å². The van der Waals surface area contributed by atoms with Crippen LogP contribution in [-0.2, 0) is 0 Å². The number of oxime groups is 1. The first kappa shape index (κ1) is 9.51. The van der Waals surface area contributed by atoms with Crippen molar-refractivity contribution in [3.63, 3.8) is 0 Å². The van der Waals surface area contributed by atoms with E-state index in [1.54, 1.807) is 12.1 Å². The number of urea groups is 1. The summed E-state index contributed by atoms with van der Waals surface area (Å²) in [6, 6.07) is 6.74. The van der Waals surface area contributed by atoms with Gasteiger partial charge in [-0.1, -0.05) is 23.4 Å². The number of para-hydroxylation sites is 1. The average Bonchev–Trinajstić information content (AvgIpc) is 2.27. The fourth-order valence-corrected chi connectivity index (χ4v) is 1.76. The van der Waals surface area contributed by atoms with Crippen molar-refractivity contribution in [1.82, 2.24) is 0 Å². The van der Waals surface area contributed by atoms with Crippen molar-refractivity contribution in [1.29, 1.82) is 0 Å². The fraction of sp³-hybridized carbons (Fsp3) is 0.200. The summed E-state index contributed by atoms with van der Waals surface area (Å²) in [6.45, 7) is 0.450. The first-order valence-electron chi connectivity index (χ1n) is 4.61. The molecule has 0 bridgehead atoms. The van der Waals surface area contributed by atoms with E-state index in [0.29, 0.717) is 24.4 Å². The Labute approximate surface area is 86.8 Å². The lowest BCUT2D eigenvalue weighted by Crippen LogP contribution is -2.41. The van der Waals surface area contributed by atoms with Gasteiger partial charge >= 0.3 is 6.03 Å². The third-order valence-corrected chi connectivity index (χ3v) is 2.46. The van der Waals surface area contributed by atoms with E-state index in [9.17, 15) is 4.79 Å². The SMILES string of the molecule is NC(=O)N1CC/C(=N\O)c2ccccc21. The Balaban J connectivity index is 2.53. The van der Waals surface area contributed by atoms with Gasteiger partial charge in [0, 0.05) is 18.5 Å². The minimum absolute atomic E-state index is 0.450. The maximum absolute atomic E-state index is 11.2. The second-order valence-electron chi connectivity index (χ2n) is 3.30. The van der Waals surface area contributed by atoms with Crippen molar-refractivity contribution in [2.75, 3.05) is 11.4 Å². The number of rotatable bonds is 0. The first-order chi connectivity index (χ1) is 7.24. The molecule has 1 aliphatic rings. The largest absolute Gasteiger partial charge is 0.411 e. The number of nitrogens with zero attached hydrogens (tertiary/aromatic N) is 2. The van der Waals surface area contributed by atoms with Crippen molar-refractivity contribution in [2.24, 2.45) is 10.9 Å². The lowest BCUT2D eigenvalue weighted by molar-refractivity contribution is 0.254. The van der Waals surface area contributed by atoms with Crippen molar-refractivity contribution >= 4 is 17.4 Å². The minimum Gasteiger partial charge on any atom is -0.411 e. The summed E-state index contributed by atoms with van der Waals surface area (Å²) >= 11 is 0. The Bertz CT molecular complexity index is 428. The second-order valence-corrected chi connectivity index (χ2v) is 3.30. The zero-order chi connectivity index (χ0) is 10.8. The summed E-state index contributed by atoms with van der Waals surface area (Å²) in [5, 5.41) is 12.0. The Hall–Kier alpha value is -2.04. The van der Waals surface area contributed by atoms with Crippen molar-refractivity contribution in [2.45, 2.75) is 6.42 Å². The van der Waals surface area contributed by atoms with Gasteiger partial charge in [0.25, 0.3) is 0 Å². The Morgan fingerprint density at radius 3 is 2.87 bits per heavy atom. The summed E-state index contributed by atoms with van der Waals surface area (Å²) in [7, 11) is 0. The van der Waals surface area contributed by atoms with Crippen LogP contribution in [0.2, 0.25) is 0 Å². The monoisotopic (exact) mass is 205 g/mol. The topological polar surface area (TPSA) is 78.9 Å². The number of nitrogens with two attached hydrogens (primary N) is 1. The molecule has 0 unspecified atom stereocenters. The number of amides is 2. The number of anilines is 1. The molecule has 15 heavy (non-hydrogen) atoms.